The molecular weight excluding hydrogens is 166 g/mol. The lowest BCUT2D eigenvalue weighted by atomic mass is 10.4. The van der Waals surface area contributed by atoms with Crippen molar-refractivity contribution in [2.24, 2.45) is 0 Å². The Morgan fingerprint density at radius 1 is 1.54 bits per heavy atom. The molecule has 1 heterocycles. The first kappa shape index (κ1) is 9.77. The van der Waals surface area contributed by atoms with Crippen molar-refractivity contribution in [2.75, 3.05) is 13.1 Å². The fraction of sp³-hybridized carbons (Fsp3) is 0.556. The Labute approximate surface area is 78.0 Å². The molecule has 1 N–H and O–H groups in total. The van der Waals surface area contributed by atoms with Crippen LogP contribution in [-0.2, 0) is 0 Å². The van der Waals surface area contributed by atoms with E-state index in [4.69, 9.17) is 0 Å². The summed E-state index contributed by atoms with van der Waals surface area (Å²) in [4.78, 5) is 20.3. The summed E-state index contributed by atoms with van der Waals surface area (Å²) in [6.07, 6.45) is 1.58. The maximum atomic E-state index is 11.7. The van der Waals surface area contributed by atoms with Crippen molar-refractivity contribution in [2.45, 2.75) is 20.8 Å². The standard InChI is InChI=1S/C9H15N3O/c1-4-12(5-2)9(13)8-6-10-7(3)11-8/h6H,4-5H2,1-3H3,(H,10,11). The molecule has 0 fully saturated rings. The Morgan fingerprint density at radius 3 is 2.54 bits per heavy atom. The Kier molecular flexibility index (Phi) is 3.06. The number of carbonyl (C=O) groups is 1. The molecule has 0 aliphatic heterocycles. The maximum Gasteiger partial charge on any atom is 0.271 e. The monoisotopic (exact) mass is 181 g/mol. The Bertz CT molecular complexity index is 289. The highest BCUT2D eigenvalue weighted by atomic mass is 16.2. The minimum Gasteiger partial charge on any atom is -0.338 e. The van der Waals surface area contributed by atoms with Crippen LogP contribution in [0.4, 0.5) is 0 Å². The Balaban J connectivity index is 2.78. The molecule has 0 saturated heterocycles. The van der Waals surface area contributed by atoms with Crippen LogP contribution in [-0.4, -0.2) is 33.9 Å². The maximum absolute atomic E-state index is 11.7. The molecule has 4 nitrogen and oxygen atoms in total. The van der Waals surface area contributed by atoms with Crippen LogP contribution in [0.2, 0.25) is 0 Å². The number of hydrogen-bond acceptors (Lipinski definition) is 2. The molecule has 1 rings (SSSR count). The van der Waals surface area contributed by atoms with Crippen LogP contribution >= 0.6 is 0 Å². The van der Waals surface area contributed by atoms with Gasteiger partial charge in [-0.25, -0.2) is 4.98 Å². The van der Waals surface area contributed by atoms with Gasteiger partial charge in [-0.15, -0.1) is 0 Å². The quantitative estimate of drug-likeness (QED) is 0.761. The number of rotatable bonds is 3. The number of nitrogens with one attached hydrogen (secondary N) is 1. The van der Waals surface area contributed by atoms with Gasteiger partial charge in [0, 0.05) is 13.1 Å². The number of H-pyrrole nitrogens is 1. The van der Waals surface area contributed by atoms with E-state index in [0.29, 0.717) is 5.69 Å². The van der Waals surface area contributed by atoms with Crippen molar-refractivity contribution in [3.63, 3.8) is 0 Å². The molecule has 1 amide bonds. The smallest absolute Gasteiger partial charge is 0.271 e. The lowest BCUT2D eigenvalue weighted by Gasteiger charge is -2.16. The molecule has 1 aromatic heterocycles. The molecular formula is C9H15N3O. The first-order valence-electron chi connectivity index (χ1n) is 4.49. The summed E-state index contributed by atoms with van der Waals surface area (Å²) in [5, 5.41) is 0. The average molecular weight is 181 g/mol. The number of aromatic amines is 1. The minimum atomic E-state index is 0.0191. The van der Waals surface area contributed by atoms with Gasteiger partial charge in [0.2, 0.25) is 0 Å². The van der Waals surface area contributed by atoms with E-state index in [1.54, 1.807) is 11.1 Å². The second-order valence-electron chi connectivity index (χ2n) is 2.86. The van der Waals surface area contributed by atoms with Gasteiger partial charge in [0.15, 0.2) is 0 Å². The molecule has 0 atom stereocenters. The van der Waals surface area contributed by atoms with Crippen molar-refractivity contribution in [3.8, 4) is 0 Å². The van der Waals surface area contributed by atoms with Gasteiger partial charge in [0.25, 0.3) is 5.91 Å². The average Bonchev–Trinajstić information content (AvgIpc) is 2.54. The second kappa shape index (κ2) is 4.07. The summed E-state index contributed by atoms with van der Waals surface area (Å²) in [5.74, 6) is 0.793. The van der Waals surface area contributed by atoms with Gasteiger partial charge in [-0.3, -0.25) is 4.79 Å². The third-order valence-corrected chi connectivity index (χ3v) is 1.98. The molecule has 0 radical (unpaired) electrons. The van der Waals surface area contributed by atoms with Crippen LogP contribution in [0.3, 0.4) is 0 Å². The van der Waals surface area contributed by atoms with E-state index in [-0.39, 0.29) is 5.91 Å². The summed E-state index contributed by atoms with van der Waals surface area (Å²) in [6, 6.07) is 0. The van der Waals surface area contributed by atoms with Crippen LogP contribution in [0, 0.1) is 6.92 Å². The highest BCUT2D eigenvalue weighted by Gasteiger charge is 2.13. The number of amides is 1. The summed E-state index contributed by atoms with van der Waals surface area (Å²) in [7, 11) is 0. The fourth-order valence-corrected chi connectivity index (χ4v) is 1.21. The minimum absolute atomic E-state index is 0.0191. The van der Waals surface area contributed by atoms with E-state index < -0.39 is 0 Å². The largest absolute Gasteiger partial charge is 0.338 e. The molecule has 13 heavy (non-hydrogen) atoms. The number of nitrogens with zero attached hydrogens (tertiary/aromatic N) is 2. The Hall–Kier alpha value is -1.32. The number of aryl methyl sites for hydroxylation is 1. The molecule has 72 valence electrons. The molecule has 0 unspecified atom stereocenters. The SMILES string of the molecule is CCN(CC)C(=O)c1cnc(C)[nH]1. The predicted octanol–water partition coefficient (Wildman–Crippen LogP) is 1.20. The van der Waals surface area contributed by atoms with Crippen molar-refractivity contribution in [1.82, 2.24) is 14.9 Å². The number of imidazole rings is 1. The second-order valence-corrected chi connectivity index (χ2v) is 2.86. The van der Waals surface area contributed by atoms with E-state index in [0.717, 1.165) is 18.9 Å². The lowest BCUT2D eigenvalue weighted by Crippen LogP contribution is -2.30. The van der Waals surface area contributed by atoms with E-state index in [2.05, 4.69) is 9.97 Å². The molecule has 0 aliphatic rings. The van der Waals surface area contributed by atoms with Gasteiger partial charge in [0.05, 0.1) is 6.20 Å². The van der Waals surface area contributed by atoms with E-state index in [1.165, 1.54) is 0 Å². The summed E-state index contributed by atoms with van der Waals surface area (Å²) < 4.78 is 0. The highest BCUT2D eigenvalue weighted by molar-refractivity contribution is 5.92. The Morgan fingerprint density at radius 2 is 2.15 bits per heavy atom. The van der Waals surface area contributed by atoms with Crippen LogP contribution in [0.1, 0.15) is 30.2 Å². The van der Waals surface area contributed by atoms with E-state index in [9.17, 15) is 4.79 Å². The number of carbonyl (C=O) groups excluding carboxylic acids is 1. The lowest BCUT2D eigenvalue weighted by molar-refractivity contribution is 0.0767. The first-order chi connectivity index (χ1) is 6.19. The van der Waals surface area contributed by atoms with Crippen molar-refractivity contribution in [3.05, 3.63) is 17.7 Å². The van der Waals surface area contributed by atoms with E-state index in [1.807, 2.05) is 20.8 Å². The fourth-order valence-electron chi connectivity index (χ4n) is 1.21. The zero-order valence-corrected chi connectivity index (χ0v) is 8.29. The third kappa shape index (κ3) is 2.08. The first-order valence-corrected chi connectivity index (χ1v) is 4.49. The van der Waals surface area contributed by atoms with Crippen molar-refractivity contribution >= 4 is 5.91 Å². The van der Waals surface area contributed by atoms with Crippen molar-refractivity contribution < 1.29 is 4.79 Å². The summed E-state index contributed by atoms with van der Waals surface area (Å²) in [6.45, 7) is 7.22. The van der Waals surface area contributed by atoms with Gasteiger partial charge >= 0.3 is 0 Å². The predicted molar refractivity (Wildman–Crippen MR) is 50.6 cm³/mol. The van der Waals surface area contributed by atoms with Crippen LogP contribution in [0.25, 0.3) is 0 Å². The molecule has 4 heteroatoms. The normalized spacial score (nSPS) is 10.1. The van der Waals surface area contributed by atoms with Gasteiger partial charge in [-0.05, 0) is 20.8 Å². The number of aromatic nitrogens is 2. The van der Waals surface area contributed by atoms with Gasteiger partial charge in [-0.1, -0.05) is 0 Å². The zero-order chi connectivity index (χ0) is 9.84. The summed E-state index contributed by atoms with van der Waals surface area (Å²) >= 11 is 0. The molecule has 0 saturated carbocycles. The molecule has 0 spiro atoms. The van der Waals surface area contributed by atoms with Crippen LogP contribution in [0.5, 0.6) is 0 Å². The van der Waals surface area contributed by atoms with Gasteiger partial charge in [0.1, 0.15) is 11.5 Å². The molecule has 0 bridgehead atoms. The highest BCUT2D eigenvalue weighted by Crippen LogP contribution is 2.01. The number of hydrogen-bond donors (Lipinski definition) is 1. The zero-order valence-electron chi connectivity index (χ0n) is 8.29. The molecule has 0 aliphatic carbocycles. The van der Waals surface area contributed by atoms with Crippen LogP contribution < -0.4 is 0 Å². The van der Waals surface area contributed by atoms with Gasteiger partial charge in [-0.2, -0.15) is 0 Å². The van der Waals surface area contributed by atoms with Gasteiger partial charge < -0.3 is 9.88 Å². The summed E-state index contributed by atoms with van der Waals surface area (Å²) in [5.41, 5.74) is 0.571. The van der Waals surface area contributed by atoms with E-state index >= 15 is 0 Å². The van der Waals surface area contributed by atoms with Crippen LogP contribution in [0.15, 0.2) is 6.20 Å². The van der Waals surface area contributed by atoms with Crippen molar-refractivity contribution in [1.29, 1.82) is 0 Å². The molecule has 0 aromatic carbocycles. The third-order valence-electron chi connectivity index (χ3n) is 1.98. The molecule has 1 aromatic rings. The topological polar surface area (TPSA) is 49.0 Å².